The Kier molecular flexibility index (Phi) is 2.04. The number of aromatic hydroxyl groups is 1. The molecule has 2 heteroatoms. The molecule has 1 saturated heterocycles. The monoisotopic (exact) mass is 229 g/mol. The van der Waals surface area contributed by atoms with E-state index in [1.54, 1.807) is 0 Å². The number of nitrogens with zero attached hydrogens (tertiary/aromatic N) is 1. The Morgan fingerprint density at radius 3 is 2.88 bits per heavy atom. The SMILES string of the molecule is Oc1ccc2c(c1)CCC2N1CC2CCC1C2. The maximum Gasteiger partial charge on any atom is 0.115 e. The van der Waals surface area contributed by atoms with E-state index in [1.807, 2.05) is 12.1 Å². The van der Waals surface area contributed by atoms with Gasteiger partial charge in [-0.15, -0.1) is 0 Å². The Bertz CT molecular complexity index is 456. The van der Waals surface area contributed by atoms with E-state index in [-0.39, 0.29) is 0 Å². The summed E-state index contributed by atoms with van der Waals surface area (Å²) in [4.78, 5) is 2.75. The van der Waals surface area contributed by atoms with Gasteiger partial charge in [0, 0.05) is 18.6 Å². The van der Waals surface area contributed by atoms with Crippen molar-refractivity contribution in [3.63, 3.8) is 0 Å². The zero-order valence-corrected chi connectivity index (χ0v) is 10.1. The van der Waals surface area contributed by atoms with Crippen LogP contribution in [-0.4, -0.2) is 22.6 Å². The highest BCUT2D eigenvalue weighted by molar-refractivity contribution is 5.40. The number of rotatable bonds is 1. The summed E-state index contributed by atoms with van der Waals surface area (Å²) >= 11 is 0. The molecule has 4 rings (SSSR count). The number of piperidine rings is 1. The Labute approximate surface area is 102 Å². The van der Waals surface area contributed by atoms with Gasteiger partial charge in [0.05, 0.1) is 0 Å². The summed E-state index contributed by atoms with van der Waals surface area (Å²) in [6.45, 7) is 1.32. The molecule has 2 nitrogen and oxygen atoms in total. The molecule has 2 aliphatic carbocycles. The van der Waals surface area contributed by atoms with Crippen LogP contribution in [0.1, 0.15) is 42.9 Å². The van der Waals surface area contributed by atoms with Crippen molar-refractivity contribution in [2.75, 3.05) is 6.54 Å². The Hall–Kier alpha value is -1.02. The normalized spacial score (nSPS) is 35.4. The van der Waals surface area contributed by atoms with Crippen LogP contribution in [0.3, 0.4) is 0 Å². The molecule has 3 atom stereocenters. The Morgan fingerprint density at radius 1 is 1.18 bits per heavy atom. The molecule has 3 aliphatic rings. The van der Waals surface area contributed by atoms with Crippen molar-refractivity contribution < 1.29 is 5.11 Å². The number of aryl methyl sites for hydroxylation is 1. The number of fused-ring (bicyclic) bond motifs is 3. The molecule has 1 heterocycles. The molecule has 2 fully saturated rings. The van der Waals surface area contributed by atoms with E-state index in [0.29, 0.717) is 11.8 Å². The third-order valence-electron chi connectivity index (χ3n) is 5.02. The first-order valence-electron chi connectivity index (χ1n) is 6.89. The van der Waals surface area contributed by atoms with Gasteiger partial charge in [-0.3, -0.25) is 4.90 Å². The van der Waals surface area contributed by atoms with Crippen LogP contribution >= 0.6 is 0 Å². The minimum Gasteiger partial charge on any atom is -0.508 e. The van der Waals surface area contributed by atoms with Gasteiger partial charge >= 0.3 is 0 Å². The first-order valence-corrected chi connectivity index (χ1v) is 6.89. The second-order valence-corrected chi connectivity index (χ2v) is 5.97. The lowest BCUT2D eigenvalue weighted by Gasteiger charge is -2.33. The molecule has 90 valence electrons. The van der Waals surface area contributed by atoms with Crippen molar-refractivity contribution in [3.05, 3.63) is 29.3 Å². The van der Waals surface area contributed by atoms with E-state index in [9.17, 15) is 5.11 Å². The topological polar surface area (TPSA) is 23.5 Å². The molecule has 0 spiro atoms. The molecule has 3 unspecified atom stereocenters. The molecular formula is C15H19NO. The summed E-state index contributed by atoms with van der Waals surface area (Å²) in [5.41, 5.74) is 2.85. The molecule has 0 amide bonds. The van der Waals surface area contributed by atoms with E-state index in [0.717, 1.165) is 18.4 Å². The lowest BCUT2D eigenvalue weighted by molar-refractivity contribution is 0.149. The highest BCUT2D eigenvalue weighted by atomic mass is 16.3. The lowest BCUT2D eigenvalue weighted by Crippen LogP contribution is -2.34. The van der Waals surface area contributed by atoms with Crippen LogP contribution in [0, 0.1) is 5.92 Å². The number of phenols is 1. The second kappa shape index (κ2) is 3.49. The Balaban J connectivity index is 1.66. The van der Waals surface area contributed by atoms with Crippen LogP contribution in [0.15, 0.2) is 18.2 Å². The van der Waals surface area contributed by atoms with Gasteiger partial charge in [-0.1, -0.05) is 6.07 Å². The summed E-state index contributed by atoms with van der Waals surface area (Å²) < 4.78 is 0. The van der Waals surface area contributed by atoms with Crippen LogP contribution in [0.25, 0.3) is 0 Å². The molecular weight excluding hydrogens is 210 g/mol. The van der Waals surface area contributed by atoms with E-state index in [2.05, 4.69) is 11.0 Å². The second-order valence-electron chi connectivity index (χ2n) is 5.97. The standard InChI is InChI=1S/C15H19NO/c17-13-4-5-14-11(8-13)2-6-15(14)16-9-10-1-3-12(16)7-10/h4-5,8,10,12,15,17H,1-3,6-7,9H2. The molecule has 1 saturated carbocycles. The van der Waals surface area contributed by atoms with Crippen molar-refractivity contribution >= 4 is 0 Å². The molecule has 0 aromatic heterocycles. The molecule has 1 aromatic rings. The third-order valence-corrected chi connectivity index (χ3v) is 5.02. The number of benzene rings is 1. The minimum atomic E-state index is 0.423. The highest BCUT2D eigenvalue weighted by Gasteiger charge is 2.42. The molecule has 0 radical (unpaired) electrons. The van der Waals surface area contributed by atoms with Crippen molar-refractivity contribution in [2.45, 2.75) is 44.2 Å². The predicted octanol–water partition coefficient (Wildman–Crippen LogP) is 2.86. The van der Waals surface area contributed by atoms with Gasteiger partial charge < -0.3 is 5.11 Å². The smallest absolute Gasteiger partial charge is 0.115 e. The van der Waals surface area contributed by atoms with Gasteiger partial charge in [-0.05, 0) is 61.3 Å². The molecule has 1 aromatic carbocycles. The van der Waals surface area contributed by atoms with Gasteiger partial charge in [0.2, 0.25) is 0 Å². The van der Waals surface area contributed by atoms with Crippen molar-refractivity contribution in [2.24, 2.45) is 5.92 Å². The summed E-state index contributed by atoms with van der Waals surface area (Å²) in [5, 5.41) is 9.54. The van der Waals surface area contributed by atoms with Crippen LogP contribution in [0.4, 0.5) is 0 Å². The fourth-order valence-electron chi connectivity index (χ4n) is 4.27. The van der Waals surface area contributed by atoms with E-state index in [1.165, 1.54) is 43.4 Å². The fraction of sp³-hybridized carbons (Fsp3) is 0.600. The number of hydrogen-bond acceptors (Lipinski definition) is 2. The van der Waals surface area contributed by atoms with Gasteiger partial charge in [0.15, 0.2) is 0 Å². The predicted molar refractivity (Wildman–Crippen MR) is 67.0 cm³/mol. The maximum absolute atomic E-state index is 9.54. The summed E-state index contributed by atoms with van der Waals surface area (Å²) in [6.07, 6.45) is 6.69. The highest BCUT2D eigenvalue weighted by Crippen LogP contribution is 2.46. The quantitative estimate of drug-likeness (QED) is 0.800. The minimum absolute atomic E-state index is 0.423. The van der Waals surface area contributed by atoms with E-state index in [4.69, 9.17) is 0 Å². The summed E-state index contributed by atoms with van der Waals surface area (Å²) in [6, 6.07) is 7.45. The maximum atomic E-state index is 9.54. The molecule has 17 heavy (non-hydrogen) atoms. The zero-order chi connectivity index (χ0) is 11.4. The molecule has 2 bridgehead atoms. The summed E-state index contributed by atoms with van der Waals surface area (Å²) in [5.74, 6) is 1.40. The van der Waals surface area contributed by atoms with Gasteiger partial charge in [0.25, 0.3) is 0 Å². The van der Waals surface area contributed by atoms with Crippen LogP contribution in [0.2, 0.25) is 0 Å². The molecule has 1 N–H and O–H groups in total. The first kappa shape index (κ1) is 9.95. The van der Waals surface area contributed by atoms with E-state index < -0.39 is 0 Å². The zero-order valence-electron chi connectivity index (χ0n) is 10.1. The number of phenolic OH excluding ortho intramolecular Hbond substituents is 1. The number of likely N-dealkylation sites (tertiary alicyclic amines) is 1. The third kappa shape index (κ3) is 1.43. The van der Waals surface area contributed by atoms with Crippen molar-refractivity contribution in [1.29, 1.82) is 0 Å². The van der Waals surface area contributed by atoms with Crippen LogP contribution in [0.5, 0.6) is 5.75 Å². The van der Waals surface area contributed by atoms with Crippen LogP contribution < -0.4 is 0 Å². The number of hydrogen-bond donors (Lipinski definition) is 1. The first-order chi connectivity index (χ1) is 8.31. The van der Waals surface area contributed by atoms with Crippen LogP contribution in [-0.2, 0) is 6.42 Å². The van der Waals surface area contributed by atoms with E-state index >= 15 is 0 Å². The summed E-state index contributed by atoms with van der Waals surface area (Å²) in [7, 11) is 0. The van der Waals surface area contributed by atoms with Crippen molar-refractivity contribution in [1.82, 2.24) is 4.90 Å². The lowest BCUT2D eigenvalue weighted by atomic mass is 10.0. The average Bonchev–Trinajstić information content (AvgIpc) is 3.01. The molecule has 1 aliphatic heterocycles. The van der Waals surface area contributed by atoms with Gasteiger partial charge in [0.1, 0.15) is 5.75 Å². The Morgan fingerprint density at radius 2 is 2.12 bits per heavy atom. The van der Waals surface area contributed by atoms with Gasteiger partial charge in [-0.2, -0.15) is 0 Å². The van der Waals surface area contributed by atoms with Gasteiger partial charge in [-0.25, -0.2) is 0 Å². The fourth-order valence-corrected chi connectivity index (χ4v) is 4.27. The van der Waals surface area contributed by atoms with Crippen molar-refractivity contribution in [3.8, 4) is 5.75 Å². The average molecular weight is 229 g/mol. The largest absolute Gasteiger partial charge is 0.508 e.